The maximum absolute atomic E-state index is 12.4. The van der Waals surface area contributed by atoms with Gasteiger partial charge in [-0.2, -0.15) is 0 Å². The molecule has 3 heteroatoms. The lowest BCUT2D eigenvalue weighted by Gasteiger charge is -2.31. The van der Waals surface area contributed by atoms with Gasteiger partial charge in [0.15, 0.2) is 0 Å². The number of hydrogen-bond donors (Lipinski definition) is 1. The maximum Gasteiger partial charge on any atom is 0.222 e. The normalized spacial score (nSPS) is 11.4. The Morgan fingerprint density at radius 1 is 1.24 bits per heavy atom. The highest BCUT2D eigenvalue weighted by molar-refractivity contribution is 5.76. The van der Waals surface area contributed by atoms with E-state index < -0.39 is 0 Å². The molecule has 0 aliphatic heterocycles. The molecule has 1 rings (SSSR count). The summed E-state index contributed by atoms with van der Waals surface area (Å²) in [5.41, 5.74) is 7.08. The van der Waals surface area contributed by atoms with Gasteiger partial charge in [0.2, 0.25) is 5.91 Å². The minimum Gasteiger partial charge on any atom is -0.342 e. The summed E-state index contributed by atoms with van der Waals surface area (Å²) in [5, 5.41) is 0. The second-order valence-corrected chi connectivity index (χ2v) is 6.52. The molecule has 0 aromatic heterocycles. The molecule has 0 aliphatic carbocycles. The predicted molar refractivity (Wildman–Crippen MR) is 89.1 cm³/mol. The van der Waals surface area contributed by atoms with Crippen LogP contribution in [-0.2, 0) is 11.2 Å². The van der Waals surface area contributed by atoms with E-state index in [4.69, 9.17) is 5.73 Å². The first-order valence-corrected chi connectivity index (χ1v) is 8.00. The van der Waals surface area contributed by atoms with E-state index in [1.807, 2.05) is 23.1 Å². The quantitative estimate of drug-likeness (QED) is 0.759. The zero-order valence-corrected chi connectivity index (χ0v) is 13.8. The molecule has 21 heavy (non-hydrogen) atoms. The number of carbonyl (C=O) groups excluding carboxylic acids is 1. The summed E-state index contributed by atoms with van der Waals surface area (Å²) < 4.78 is 0. The molecule has 0 saturated heterocycles. The molecule has 0 atom stereocenters. The van der Waals surface area contributed by atoms with Gasteiger partial charge in [0, 0.05) is 19.5 Å². The number of amides is 1. The summed E-state index contributed by atoms with van der Waals surface area (Å²) in [5.74, 6) is 0.259. The van der Waals surface area contributed by atoms with Gasteiger partial charge in [0.05, 0.1) is 0 Å². The zero-order valence-electron chi connectivity index (χ0n) is 13.8. The maximum atomic E-state index is 12.4. The Bertz CT molecular complexity index is 414. The van der Waals surface area contributed by atoms with Crippen molar-refractivity contribution in [2.24, 2.45) is 11.1 Å². The van der Waals surface area contributed by atoms with E-state index in [1.54, 1.807) is 0 Å². The van der Waals surface area contributed by atoms with Crippen LogP contribution in [0.2, 0.25) is 0 Å². The Hall–Kier alpha value is -1.35. The second kappa shape index (κ2) is 8.83. The van der Waals surface area contributed by atoms with E-state index >= 15 is 0 Å². The number of benzene rings is 1. The summed E-state index contributed by atoms with van der Waals surface area (Å²) >= 11 is 0. The third-order valence-corrected chi connectivity index (χ3v) is 3.72. The topological polar surface area (TPSA) is 46.3 Å². The molecule has 0 heterocycles. The fourth-order valence-electron chi connectivity index (χ4n) is 2.39. The first-order valence-electron chi connectivity index (χ1n) is 8.00. The van der Waals surface area contributed by atoms with Crippen molar-refractivity contribution in [3.05, 3.63) is 35.9 Å². The SMILES string of the molecule is CCCN(CC(C)(C)CN)C(=O)CCCc1ccccc1. The minimum atomic E-state index is -0.00966. The van der Waals surface area contributed by atoms with E-state index in [-0.39, 0.29) is 11.3 Å². The Kier molecular flexibility index (Phi) is 7.44. The highest BCUT2D eigenvalue weighted by Crippen LogP contribution is 2.16. The molecule has 118 valence electrons. The van der Waals surface area contributed by atoms with Gasteiger partial charge < -0.3 is 10.6 Å². The van der Waals surface area contributed by atoms with Crippen molar-refractivity contribution in [2.75, 3.05) is 19.6 Å². The van der Waals surface area contributed by atoms with Crippen LogP contribution in [0, 0.1) is 5.41 Å². The van der Waals surface area contributed by atoms with Crippen molar-refractivity contribution in [2.45, 2.75) is 46.5 Å². The third kappa shape index (κ3) is 6.76. The van der Waals surface area contributed by atoms with E-state index in [0.717, 1.165) is 32.4 Å². The number of nitrogens with zero attached hydrogens (tertiary/aromatic N) is 1. The summed E-state index contributed by atoms with van der Waals surface area (Å²) in [6.07, 6.45) is 3.49. The predicted octanol–water partition coefficient (Wildman–Crippen LogP) is 3.23. The molecule has 0 spiro atoms. The van der Waals surface area contributed by atoms with Gasteiger partial charge in [0.1, 0.15) is 0 Å². The van der Waals surface area contributed by atoms with Gasteiger partial charge in [-0.1, -0.05) is 51.1 Å². The van der Waals surface area contributed by atoms with Gasteiger partial charge in [-0.15, -0.1) is 0 Å². The number of carbonyl (C=O) groups is 1. The number of hydrogen-bond acceptors (Lipinski definition) is 2. The van der Waals surface area contributed by atoms with Crippen LogP contribution in [-0.4, -0.2) is 30.4 Å². The van der Waals surface area contributed by atoms with E-state index in [1.165, 1.54) is 5.56 Å². The monoisotopic (exact) mass is 290 g/mol. The van der Waals surface area contributed by atoms with Crippen LogP contribution in [0.3, 0.4) is 0 Å². The highest BCUT2D eigenvalue weighted by atomic mass is 16.2. The average molecular weight is 290 g/mol. The van der Waals surface area contributed by atoms with Gasteiger partial charge in [0.25, 0.3) is 0 Å². The Balaban J connectivity index is 2.45. The van der Waals surface area contributed by atoms with Crippen molar-refractivity contribution in [1.82, 2.24) is 4.90 Å². The Morgan fingerprint density at radius 2 is 1.90 bits per heavy atom. The van der Waals surface area contributed by atoms with Gasteiger partial charge >= 0.3 is 0 Å². The average Bonchev–Trinajstić information content (AvgIpc) is 2.47. The number of aryl methyl sites for hydroxylation is 1. The minimum absolute atomic E-state index is 0.00966. The molecular weight excluding hydrogens is 260 g/mol. The summed E-state index contributed by atoms with van der Waals surface area (Å²) in [4.78, 5) is 14.4. The van der Waals surface area contributed by atoms with Crippen LogP contribution in [0.5, 0.6) is 0 Å². The molecule has 1 aromatic rings. The fraction of sp³-hybridized carbons (Fsp3) is 0.611. The molecule has 2 N–H and O–H groups in total. The smallest absolute Gasteiger partial charge is 0.222 e. The molecule has 0 fully saturated rings. The molecule has 1 amide bonds. The van der Waals surface area contributed by atoms with Crippen molar-refractivity contribution in [3.8, 4) is 0 Å². The van der Waals surface area contributed by atoms with Gasteiger partial charge in [-0.05, 0) is 36.8 Å². The zero-order chi connectivity index (χ0) is 15.7. The molecule has 3 nitrogen and oxygen atoms in total. The number of nitrogens with two attached hydrogens (primary N) is 1. The lowest BCUT2D eigenvalue weighted by atomic mass is 9.92. The summed E-state index contributed by atoms with van der Waals surface area (Å²) in [6, 6.07) is 10.3. The molecule has 0 unspecified atom stereocenters. The van der Waals surface area contributed by atoms with Crippen LogP contribution in [0.15, 0.2) is 30.3 Å². The van der Waals surface area contributed by atoms with Gasteiger partial charge in [-0.3, -0.25) is 4.79 Å². The van der Waals surface area contributed by atoms with Crippen LogP contribution >= 0.6 is 0 Å². The molecule has 1 aromatic carbocycles. The standard InChI is InChI=1S/C18H30N2O/c1-4-13-20(15-18(2,3)14-19)17(21)12-8-11-16-9-6-5-7-10-16/h5-7,9-10H,4,8,11-15,19H2,1-3H3. The largest absolute Gasteiger partial charge is 0.342 e. The molecule has 0 aliphatic rings. The lowest BCUT2D eigenvalue weighted by Crippen LogP contribution is -2.42. The summed E-state index contributed by atoms with van der Waals surface area (Å²) in [6.45, 7) is 8.53. The van der Waals surface area contributed by atoms with Crippen molar-refractivity contribution in [3.63, 3.8) is 0 Å². The lowest BCUT2D eigenvalue weighted by molar-refractivity contribution is -0.132. The first kappa shape index (κ1) is 17.7. The van der Waals surface area contributed by atoms with Crippen molar-refractivity contribution < 1.29 is 4.79 Å². The fourth-order valence-corrected chi connectivity index (χ4v) is 2.39. The van der Waals surface area contributed by atoms with Crippen LogP contribution < -0.4 is 5.73 Å². The molecule has 0 bridgehead atoms. The Labute approximate surface area is 129 Å². The van der Waals surface area contributed by atoms with E-state index in [0.29, 0.717) is 13.0 Å². The van der Waals surface area contributed by atoms with Crippen molar-refractivity contribution >= 4 is 5.91 Å². The van der Waals surface area contributed by atoms with E-state index in [9.17, 15) is 4.79 Å². The Morgan fingerprint density at radius 3 is 2.48 bits per heavy atom. The molecule has 0 radical (unpaired) electrons. The first-order chi connectivity index (χ1) is 9.98. The third-order valence-electron chi connectivity index (χ3n) is 3.72. The van der Waals surface area contributed by atoms with Crippen LogP contribution in [0.25, 0.3) is 0 Å². The van der Waals surface area contributed by atoms with Crippen LogP contribution in [0.4, 0.5) is 0 Å². The molecular formula is C18H30N2O. The molecule has 0 saturated carbocycles. The number of rotatable bonds is 9. The van der Waals surface area contributed by atoms with Crippen LogP contribution in [0.1, 0.15) is 45.6 Å². The second-order valence-electron chi connectivity index (χ2n) is 6.52. The van der Waals surface area contributed by atoms with Crippen molar-refractivity contribution in [1.29, 1.82) is 0 Å². The van der Waals surface area contributed by atoms with Gasteiger partial charge in [-0.25, -0.2) is 0 Å². The highest BCUT2D eigenvalue weighted by Gasteiger charge is 2.22. The summed E-state index contributed by atoms with van der Waals surface area (Å²) in [7, 11) is 0. The van der Waals surface area contributed by atoms with E-state index in [2.05, 4.69) is 32.9 Å².